The number of ether oxygens (including phenoxy) is 2. The van der Waals surface area contributed by atoms with Crippen LogP contribution in [0.3, 0.4) is 0 Å². The largest absolute Gasteiger partial charge is 0.474 e. The van der Waals surface area contributed by atoms with Crippen molar-refractivity contribution in [2.75, 3.05) is 12.4 Å². The summed E-state index contributed by atoms with van der Waals surface area (Å²) in [5, 5.41) is 14.5. The molecule has 2 N–H and O–H groups in total. The number of anilines is 1. The van der Waals surface area contributed by atoms with Crippen molar-refractivity contribution in [3.63, 3.8) is 0 Å². The van der Waals surface area contributed by atoms with E-state index >= 15 is 0 Å². The zero-order chi connectivity index (χ0) is 22.7. The number of H-pyrrole nitrogens is 1. The number of aromatic amines is 1. The molecule has 9 heteroatoms. The molecule has 170 valence electrons. The van der Waals surface area contributed by atoms with Crippen LogP contribution in [0.5, 0.6) is 5.88 Å². The van der Waals surface area contributed by atoms with E-state index in [4.69, 9.17) is 9.47 Å². The number of pyridine rings is 1. The van der Waals surface area contributed by atoms with Crippen LogP contribution in [0.4, 0.5) is 5.82 Å². The third-order valence-corrected chi connectivity index (χ3v) is 5.82. The first kappa shape index (κ1) is 22.0. The summed E-state index contributed by atoms with van der Waals surface area (Å²) < 4.78 is 12.9. The van der Waals surface area contributed by atoms with Gasteiger partial charge in [0.15, 0.2) is 5.82 Å². The maximum Gasteiger partial charge on any atom is 0.275 e. The minimum absolute atomic E-state index is 0.113. The molecule has 0 saturated heterocycles. The van der Waals surface area contributed by atoms with Gasteiger partial charge in [0.05, 0.1) is 12.3 Å². The van der Waals surface area contributed by atoms with Gasteiger partial charge in [-0.15, -0.1) is 0 Å². The van der Waals surface area contributed by atoms with Crippen LogP contribution in [-0.2, 0) is 18.4 Å². The average molecular weight is 439 g/mol. The zero-order valence-corrected chi connectivity index (χ0v) is 19.0. The van der Waals surface area contributed by atoms with E-state index in [0.717, 1.165) is 36.4 Å². The highest BCUT2D eigenvalue weighted by molar-refractivity contribution is 6.02. The fraction of sp³-hybridized carbons (Fsp3) is 0.478. The van der Waals surface area contributed by atoms with E-state index in [2.05, 4.69) is 45.5 Å². The van der Waals surface area contributed by atoms with Crippen LogP contribution in [0.15, 0.2) is 30.5 Å². The monoisotopic (exact) mass is 438 g/mol. The topological polar surface area (TPSA) is 107 Å². The summed E-state index contributed by atoms with van der Waals surface area (Å²) in [5.41, 5.74) is 3.29. The molecule has 0 aromatic carbocycles. The Morgan fingerprint density at radius 2 is 2.19 bits per heavy atom. The highest BCUT2D eigenvalue weighted by Crippen LogP contribution is 2.37. The van der Waals surface area contributed by atoms with E-state index in [-0.39, 0.29) is 12.0 Å². The van der Waals surface area contributed by atoms with Crippen molar-refractivity contribution in [3.8, 4) is 5.88 Å². The molecule has 3 heterocycles. The molecule has 0 spiro atoms. The molecule has 0 aliphatic heterocycles. The summed E-state index contributed by atoms with van der Waals surface area (Å²) in [6.07, 6.45) is 4.72. The van der Waals surface area contributed by atoms with Gasteiger partial charge in [-0.2, -0.15) is 10.2 Å². The van der Waals surface area contributed by atoms with Crippen LogP contribution in [-0.4, -0.2) is 44.1 Å². The number of amides is 1. The van der Waals surface area contributed by atoms with Gasteiger partial charge in [0, 0.05) is 43.6 Å². The van der Waals surface area contributed by atoms with Gasteiger partial charge in [-0.25, -0.2) is 4.98 Å². The van der Waals surface area contributed by atoms with Crippen molar-refractivity contribution >= 4 is 11.7 Å². The van der Waals surface area contributed by atoms with Crippen LogP contribution >= 0.6 is 0 Å². The van der Waals surface area contributed by atoms with Crippen LogP contribution in [0, 0.1) is 0 Å². The molecule has 1 aliphatic rings. The van der Waals surface area contributed by atoms with Gasteiger partial charge in [-0.05, 0) is 37.3 Å². The first-order valence-electron chi connectivity index (χ1n) is 10.9. The van der Waals surface area contributed by atoms with Crippen LogP contribution in [0.1, 0.15) is 72.4 Å². The van der Waals surface area contributed by atoms with Crippen LogP contribution < -0.4 is 10.1 Å². The Kier molecular flexibility index (Phi) is 6.55. The Labute approximate surface area is 187 Å². The molecule has 1 amide bonds. The smallest absolute Gasteiger partial charge is 0.275 e. The summed E-state index contributed by atoms with van der Waals surface area (Å²) in [6, 6.07) is 7.64. The molecule has 3 aromatic heterocycles. The lowest BCUT2D eigenvalue weighted by Crippen LogP contribution is -2.16. The van der Waals surface area contributed by atoms with E-state index < -0.39 is 0 Å². The number of aryl methyl sites for hydroxylation is 1. The second-order valence-corrected chi connectivity index (χ2v) is 8.54. The number of hydrogen-bond donors (Lipinski definition) is 2. The van der Waals surface area contributed by atoms with Crippen molar-refractivity contribution in [1.29, 1.82) is 0 Å². The first-order chi connectivity index (χ1) is 15.4. The Morgan fingerprint density at radius 1 is 1.34 bits per heavy atom. The zero-order valence-electron chi connectivity index (χ0n) is 19.0. The Balaban J connectivity index is 1.37. The van der Waals surface area contributed by atoms with Crippen molar-refractivity contribution in [2.24, 2.45) is 7.05 Å². The molecule has 1 fully saturated rings. The minimum atomic E-state index is -0.260. The maximum atomic E-state index is 12.6. The predicted molar refractivity (Wildman–Crippen MR) is 120 cm³/mol. The third kappa shape index (κ3) is 4.83. The summed E-state index contributed by atoms with van der Waals surface area (Å²) in [6.45, 7) is 4.65. The van der Waals surface area contributed by atoms with Gasteiger partial charge in [-0.1, -0.05) is 19.9 Å². The molecular weight excluding hydrogens is 408 g/mol. The molecule has 1 saturated carbocycles. The number of hydrogen-bond acceptors (Lipinski definition) is 6. The molecule has 9 nitrogen and oxygen atoms in total. The van der Waals surface area contributed by atoms with E-state index in [1.54, 1.807) is 31.1 Å². The molecule has 0 bridgehead atoms. The van der Waals surface area contributed by atoms with Crippen molar-refractivity contribution in [3.05, 3.63) is 53.1 Å². The first-order valence-corrected chi connectivity index (χ1v) is 10.9. The molecule has 2 atom stereocenters. The number of methoxy groups -OCH3 is 1. The summed E-state index contributed by atoms with van der Waals surface area (Å²) in [7, 11) is 3.33. The Bertz CT molecular complexity index is 1070. The number of nitrogens with one attached hydrogen (secondary N) is 2. The number of rotatable bonds is 8. The molecule has 4 rings (SSSR count). The summed E-state index contributed by atoms with van der Waals surface area (Å²) >= 11 is 0. The molecule has 3 aromatic rings. The Morgan fingerprint density at radius 3 is 2.97 bits per heavy atom. The van der Waals surface area contributed by atoms with Gasteiger partial charge in [-0.3, -0.25) is 14.6 Å². The number of carbonyl (C=O) groups excluding carboxylic acids is 1. The van der Waals surface area contributed by atoms with E-state index in [1.807, 2.05) is 12.1 Å². The summed E-state index contributed by atoms with van der Waals surface area (Å²) in [5.74, 6) is 1.63. The van der Waals surface area contributed by atoms with Gasteiger partial charge in [0.1, 0.15) is 11.8 Å². The SMILES string of the molecule is COCc1cc(C(=O)Nc2cc([C@@H]3CC[C@H](Oc4ncccc4C(C)C)C3)[nH]n2)n(C)n1. The summed E-state index contributed by atoms with van der Waals surface area (Å²) in [4.78, 5) is 17.1. The fourth-order valence-corrected chi connectivity index (χ4v) is 4.18. The lowest BCUT2D eigenvalue weighted by atomic mass is 10.0. The second-order valence-electron chi connectivity index (χ2n) is 8.54. The van der Waals surface area contributed by atoms with Gasteiger partial charge < -0.3 is 14.8 Å². The molecule has 0 radical (unpaired) electrons. The van der Waals surface area contributed by atoms with Gasteiger partial charge >= 0.3 is 0 Å². The van der Waals surface area contributed by atoms with Crippen LogP contribution in [0.2, 0.25) is 0 Å². The van der Waals surface area contributed by atoms with Crippen molar-refractivity contribution < 1.29 is 14.3 Å². The fourth-order valence-electron chi connectivity index (χ4n) is 4.18. The van der Waals surface area contributed by atoms with Gasteiger partial charge in [0.25, 0.3) is 5.91 Å². The number of nitrogens with zero attached hydrogens (tertiary/aromatic N) is 4. The molecule has 0 unspecified atom stereocenters. The number of carbonyl (C=O) groups is 1. The van der Waals surface area contributed by atoms with E-state index in [9.17, 15) is 4.79 Å². The van der Waals surface area contributed by atoms with Gasteiger partial charge in [0.2, 0.25) is 5.88 Å². The van der Waals surface area contributed by atoms with E-state index in [1.165, 1.54) is 0 Å². The Hall–Kier alpha value is -3.20. The normalized spacial score (nSPS) is 18.3. The highest BCUT2D eigenvalue weighted by atomic mass is 16.5. The second kappa shape index (κ2) is 9.52. The molecule has 1 aliphatic carbocycles. The number of aromatic nitrogens is 5. The highest BCUT2D eigenvalue weighted by Gasteiger charge is 2.30. The van der Waals surface area contributed by atoms with Crippen molar-refractivity contribution in [2.45, 2.75) is 57.7 Å². The van der Waals surface area contributed by atoms with Crippen molar-refractivity contribution in [1.82, 2.24) is 25.0 Å². The standard InChI is InChI=1S/C23H30N6O3/c1-14(2)18-6-5-9-24-23(18)32-17-8-7-15(10-17)19-12-21(27-26-19)25-22(30)20-11-16(13-31-4)28-29(20)3/h5-6,9,11-12,14-15,17H,7-8,10,13H2,1-4H3,(H2,25,26,27,30)/t15-,17+/m1/s1. The average Bonchev–Trinajstić information content (AvgIpc) is 3.49. The lowest BCUT2D eigenvalue weighted by Gasteiger charge is -2.17. The predicted octanol–water partition coefficient (Wildman–Crippen LogP) is 3.78. The quantitative estimate of drug-likeness (QED) is 0.554. The molecular formula is C23H30N6O3. The maximum absolute atomic E-state index is 12.6. The minimum Gasteiger partial charge on any atom is -0.474 e. The van der Waals surface area contributed by atoms with Crippen LogP contribution in [0.25, 0.3) is 0 Å². The molecule has 32 heavy (non-hydrogen) atoms. The third-order valence-electron chi connectivity index (χ3n) is 5.82. The van der Waals surface area contributed by atoms with E-state index in [0.29, 0.717) is 35.6 Å². The lowest BCUT2D eigenvalue weighted by molar-refractivity contribution is 0.101.